The van der Waals surface area contributed by atoms with Crippen LogP contribution in [0.4, 0.5) is 20.2 Å². The summed E-state index contributed by atoms with van der Waals surface area (Å²) in [5.41, 5.74) is 4.57. The predicted molar refractivity (Wildman–Crippen MR) is 104 cm³/mol. The molecule has 0 saturated heterocycles. The summed E-state index contributed by atoms with van der Waals surface area (Å²) in [7, 11) is 0. The molecule has 2 N–H and O–H groups in total. The number of benzene rings is 2. The highest BCUT2D eigenvalue weighted by molar-refractivity contribution is 5.83. The van der Waals surface area contributed by atoms with E-state index in [1.807, 2.05) is 38.1 Å². The molecule has 0 fully saturated rings. The van der Waals surface area contributed by atoms with Crippen molar-refractivity contribution in [2.24, 2.45) is 0 Å². The molecule has 3 rings (SSSR count). The van der Waals surface area contributed by atoms with Crippen LogP contribution in [0.5, 0.6) is 0 Å². The molecule has 3 aromatic rings. The Balaban J connectivity index is 1.97. The van der Waals surface area contributed by atoms with E-state index >= 15 is 0 Å². The predicted octanol–water partition coefficient (Wildman–Crippen LogP) is 5.11. The first kappa shape index (κ1) is 19.5. The van der Waals surface area contributed by atoms with E-state index in [0.717, 1.165) is 29.4 Å². The molecule has 5 nitrogen and oxygen atoms in total. The highest BCUT2D eigenvalue weighted by atomic mass is 19.3. The van der Waals surface area contributed by atoms with Gasteiger partial charge in [0.05, 0.1) is 5.69 Å². The monoisotopic (exact) mass is 385 g/mol. The maximum absolute atomic E-state index is 13.4. The minimum absolute atomic E-state index is 0.0482. The van der Waals surface area contributed by atoms with Crippen LogP contribution in [0.3, 0.4) is 0 Å². The van der Waals surface area contributed by atoms with Gasteiger partial charge in [-0.1, -0.05) is 30.3 Å². The van der Waals surface area contributed by atoms with Crippen molar-refractivity contribution in [3.05, 3.63) is 65.5 Å². The van der Waals surface area contributed by atoms with Crippen LogP contribution in [0.2, 0.25) is 0 Å². The number of carbonyl (C=O) groups is 1. The van der Waals surface area contributed by atoms with Crippen LogP contribution < -0.4 is 5.32 Å². The first-order valence-electron chi connectivity index (χ1n) is 8.77. The summed E-state index contributed by atoms with van der Waals surface area (Å²) in [6, 6.07) is 13.6. The summed E-state index contributed by atoms with van der Waals surface area (Å²) in [5, 5.41) is 16.7. The average Bonchev–Trinajstić information content (AvgIpc) is 2.88. The van der Waals surface area contributed by atoms with Gasteiger partial charge in [-0.05, 0) is 32.0 Å². The van der Waals surface area contributed by atoms with Crippen molar-refractivity contribution in [3.63, 3.8) is 0 Å². The topological polar surface area (TPSA) is 67.2 Å². The van der Waals surface area contributed by atoms with Crippen molar-refractivity contribution in [2.45, 2.75) is 33.2 Å². The van der Waals surface area contributed by atoms with E-state index in [1.165, 1.54) is 16.8 Å². The number of hydrogen-bond acceptors (Lipinski definition) is 3. The Morgan fingerprint density at radius 2 is 1.79 bits per heavy atom. The molecule has 7 heteroatoms. The van der Waals surface area contributed by atoms with Crippen LogP contribution in [0.25, 0.3) is 11.1 Å². The Bertz CT molecular complexity index is 1010. The van der Waals surface area contributed by atoms with Gasteiger partial charge in [0.2, 0.25) is 0 Å². The van der Waals surface area contributed by atoms with E-state index in [-0.39, 0.29) is 12.1 Å². The summed E-state index contributed by atoms with van der Waals surface area (Å²) in [6.07, 6.45) is 0. The summed E-state index contributed by atoms with van der Waals surface area (Å²) in [4.78, 5) is 11.1. The smallest absolute Gasteiger partial charge is 0.325 e. The van der Waals surface area contributed by atoms with Crippen molar-refractivity contribution in [3.8, 4) is 11.1 Å². The molecule has 146 valence electrons. The van der Waals surface area contributed by atoms with Gasteiger partial charge in [0.1, 0.15) is 6.54 Å². The molecule has 0 amide bonds. The lowest BCUT2D eigenvalue weighted by molar-refractivity contribution is -0.137. The summed E-state index contributed by atoms with van der Waals surface area (Å²) in [5.74, 6) is -3.85. The van der Waals surface area contributed by atoms with Gasteiger partial charge in [-0.25, -0.2) is 8.78 Å². The third kappa shape index (κ3) is 4.03. The number of aromatic nitrogens is 2. The van der Waals surface area contributed by atoms with Crippen LogP contribution in [-0.4, -0.2) is 20.9 Å². The van der Waals surface area contributed by atoms with Crippen molar-refractivity contribution >= 4 is 17.3 Å². The first-order chi connectivity index (χ1) is 13.2. The van der Waals surface area contributed by atoms with Crippen LogP contribution >= 0.6 is 0 Å². The molecule has 0 saturated carbocycles. The second kappa shape index (κ2) is 7.42. The lowest BCUT2D eigenvalue weighted by atomic mass is 10.0. The van der Waals surface area contributed by atoms with Gasteiger partial charge in [-0.15, -0.1) is 0 Å². The number of nitrogens with zero attached hydrogens (tertiary/aromatic N) is 2. The van der Waals surface area contributed by atoms with Crippen LogP contribution in [-0.2, 0) is 17.3 Å². The Kier molecular flexibility index (Phi) is 5.18. The maximum Gasteiger partial charge on any atom is 0.325 e. The molecule has 28 heavy (non-hydrogen) atoms. The zero-order chi connectivity index (χ0) is 20.5. The molecule has 2 aromatic carbocycles. The molecule has 0 aliphatic carbocycles. The Morgan fingerprint density at radius 3 is 2.39 bits per heavy atom. The zero-order valence-electron chi connectivity index (χ0n) is 15.8. The van der Waals surface area contributed by atoms with Gasteiger partial charge in [0.15, 0.2) is 0 Å². The first-order valence-corrected chi connectivity index (χ1v) is 8.77. The Hall–Kier alpha value is -3.22. The molecular formula is C21H21F2N3O2. The van der Waals surface area contributed by atoms with E-state index < -0.39 is 11.9 Å². The lowest BCUT2D eigenvalue weighted by Gasteiger charge is -2.15. The number of rotatable bonds is 6. The molecule has 0 radical (unpaired) electrons. The highest BCUT2D eigenvalue weighted by Gasteiger charge is 2.23. The minimum atomic E-state index is -2.89. The minimum Gasteiger partial charge on any atom is -0.480 e. The van der Waals surface area contributed by atoms with E-state index in [2.05, 4.69) is 10.4 Å². The average molecular weight is 385 g/mol. The number of aliphatic carboxylic acids is 1. The molecule has 0 atom stereocenters. The quantitative estimate of drug-likeness (QED) is 0.619. The molecule has 0 unspecified atom stereocenters. The molecule has 0 bridgehead atoms. The Morgan fingerprint density at radius 1 is 1.14 bits per heavy atom. The summed E-state index contributed by atoms with van der Waals surface area (Å²) in [6.45, 7) is 4.31. The van der Waals surface area contributed by atoms with Crippen LogP contribution in [0.1, 0.15) is 23.9 Å². The van der Waals surface area contributed by atoms with Gasteiger partial charge in [0.25, 0.3) is 5.92 Å². The SMILES string of the molecule is Cc1nn(CC(=O)O)c(C)c1-c1ccccc1Nc1ccc(C(C)(F)F)cc1. The summed E-state index contributed by atoms with van der Waals surface area (Å²) >= 11 is 0. The largest absolute Gasteiger partial charge is 0.480 e. The molecule has 0 aliphatic heterocycles. The molecule has 1 aromatic heterocycles. The molecular weight excluding hydrogens is 364 g/mol. The van der Waals surface area contributed by atoms with Gasteiger partial charge < -0.3 is 10.4 Å². The normalized spacial score (nSPS) is 11.5. The molecule has 0 spiro atoms. The number of anilines is 2. The second-order valence-electron chi connectivity index (χ2n) is 6.73. The third-order valence-corrected chi connectivity index (χ3v) is 4.53. The van der Waals surface area contributed by atoms with E-state index in [9.17, 15) is 13.6 Å². The van der Waals surface area contributed by atoms with Crippen LogP contribution in [0.15, 0.2) is 48.5 Å². The van der Waals surface area contributed by atoms with E-state index in [1.54, 1.807) is 12.1 Å². The summed E-state index contributed by atoms with van der Waals surface area (Å²) < 4.78 is 28.3. The van der Waals surface area contributed by atoms with Crippen molar-refractivity contribution in [1.82, 2.24) is 9.78 Å². The number of alkyl halides is 2. The third-order valence-electron chi connectivity index (χ3n) is 4.53. The number of para-hydroxylation sites is 1. The van der Waals surface area contributed by atoms with Crippen molar-refractivity contribution in [1.29, 1.82) is 0 Å². The van der Waals surface area contributed by atoms with Gasteiger partial charge in [-0.2, -0.15) is 5.10 Å². The lowest BCUT2D eigenvalue weighted by Crippen LogP contribution is -2.11. The fourth-order valence-corrected chi connectivity index (χ4v) is 3.18. The number of carboxylic acids is 1. The number of aryl methyl sites for hydroxylation is 1. The fourth-order valence-electron chi connectivity index (χ4n) is 3.18. The van der Waals surface area contributed by atoms with Crippen molar-refractivity contribution < 1.29 is 18.7 Å². The number of carboxylic acid groups (broad SMARTS) is 1. The van der Waals surface area contributed by atoms with Gasteiger partial charge in [-0.3, -0.25) is 9.48 Å². The van der Waals surface area contributed by atoms with Crippen molar-refractivity contribution in [2.75, 3.05) is 5.32 Å². The standard InChI is InChI=1S/C21H21F2N3O2/c1-13-20(14(2)26(25-13)12-19(27)28)17-6-4-5-7-18(17)24-16-10-8-15(9-11-16)21(3,22)23/h4-11,24H,12H2,1-3H3,(H,27,28). The van der Waals surface area contributed by atoms with Gasteiger partial charge in [0, 0.05) is 40.7 Å². The maximum atomic E-state index is 13.4. The second-order valence-corrected chi connectivity index (χ2v) is 6.73. The highest BCUT2D eigenvalue weighted by Crippen LogP contribution is 2.35. The zero-order valence-corrected chi connectivity index (χ0v) is 15.8. The number of halogens is 2. The van der Waals surface area contributed by atoms with Crippen LogP contribution in [0, 0.1) is 13.8 Å². The Labute approximate surface area is 161 Å². The number of nitrogens with one attached hydrogen (secondary N) is 1. The molecule has 0 aliphatic rings. The van der Waals surface area contributed by atoms with E-state index in [0.29, 0.717) is 11.4 Å². The van der Waals surface area contributed by atoms with Gasteiger partial charge >= 0.3 is 5.97 Å². The molecule has 1 heterocycles. The number of hydrogen-bond donors (Lipinski definition) is 2. The van der Waals surface area contributed by atoms with E-state index in [4.69, 9.17) is 5.11 Å². The fraction of sp³-hybridized carbons (Fsp3) is 0.238.